The lowest BCUT2D eigenvalue weighted by molar-refractivity contribution is 0.584. The van der Waals surface area contributed by atoms with Crippen LogP contribution in [0.25, 0.3) is 28.2 Å². The number of rotatable bonds is 2. The first-order valence-electron chi connectivity index (χ1n) is 7.21. The van der Waals surface area contributed by atoms with Gasteiger partial charge in [0.15, 0.2) is 0 Å². The molecule has 0 spiro atoms. The molecule has 0 unspecified atom stereocenters. The van der Waals surface area contributed by atoms with E-state index in [4.69, 9.17) is 0 Å². The van der Waals surface area contributed by atoms with Crippen LogP contribution < -0.4 is 0 Å². The second-order valence-electron chi connectivity index (χ2n) is 5.26. The fourth-order valence-electron chi connectivity index (χ4n) is 2.73. The zero-order valence-corrected chi connectivity index (χ0v) is 12.1. The van der Waals surface area contributed by atoms with Crippen LogP contribution in [0.1, 0.15) is 0 Å². The van der Waals surface area contributed by atoms with Crippen molar-refractivity contribution in [1.82, 2.24) is 9.38 Å². The lowest BCUT2D eigenvalue weighted by Crippen LogP contribution is -1.90. The Balaban J connectivity index is 2.01. The van der Waals surface area contributed by atoms with Gasteiger partial charge in [-0.15, -0.1) is 0 Å². The van der Waals surface area contributed by atoms with Gasteiger partial charge >= 0.3 is 0 Å². The highest BCUT2D eigenvalue weighted by atomic mass is 19.1. The molecule has 4 heteroatoms. The quantitative estimate of drug-likeness (QED) is 0.512. The smallest absolute Gasteiger partial charge is 0.145 e. The summed E-state index contributed by atoms with van der Waals surface area (Å²) in [6.07, 6.45) is 1.84. The van der Waals surface area contributed by atoms with E-state index < -0.39 is 11.6 Å². The van der Waals surface area contributed by atoms with Crippen LogP contribution in [-0.2, 0) is 0 Å². The van der Waals surface area contributed by atoms with E-state index in [1.807, 2.05) is 59.1 Å². The maximum Gasteiger partial charge on any atom is 0.145 e. The molecule has 4 aromatic rings. The number of imidazole rings is 1. The molecule has 2 aromatic carbocycles. The van der Waals surface area contributed by atoms with Crippen LogP contribution in [-0.4, -0.2) is 9.38 Å². The van der Waals surface area contributed by atoms with E-state index >= 15 is 0 Å². The number of hydrogen-bond donors (Lipinski definition) is 0. The molecular formula is C19H12F2N2. The third-order valence-corrected chi connectivity index (χ3v) is 3.72. The molecule has 112 valence electrons. The van der Waals surface area contributed by atoms with Gasteiger partial charge in [0, 0.05) is 23.4 Å². The van der Waals surface area contributed by atoms with Gasteiger partial charge in [0.2, 0.25) is 0 Å². The van der Waals surface area contributed by atoms with Crippen LogP contribution in [0, 0.1) is 11.6 Å². The van der Waals surface area contributed by atoms with Crippen molar-refractivity contribution in [2.75, 3.05) is 0 Å². The number of pyridine rings is 1. The van der Waals surface area contributed by atoms with Gasteiger partial charge in [-0.3, -0.25) is 4.40 Å². The Bertz CT molecular complexity index is 971. The normalized spacial score (nSPS) is 11.0. The lowest BCUT2D eigenvalue weighted by atomic mass is 10.1. The van der Waals surface area contributed by atoms with Crippen molar-refractivity contribution in [3.05, 3.63) is 84.6 Å². The van der Waals surface area contributed by atoms with Gasteiger partial charge in [0.25, 0.3) is 0 Å². The molecule has 0 aliphatic carbocycles. The first-order valence-corrected chi connectivity index (χ1v) is 7.21. The van der Waals surface area contributed by atoms with Gasteiger partial charge in [0.05, 0.1) is 11.2 Å². The monoisotopic (exact) mass is 306 g/mol. The predicted molar refractivity (Wildman–Crippen MR) is 86.0 cm³/mol. The third kappa shape index (κ3) is 2.38. The van der Waals surface area contributed by atoms with Crippen molar-refractivity contribution >= 4 is 5.52 Å². The zero-order chi connectivity index (χ0) is 15.8. The van der Waals surface area contributed by atoms with Crippen molar-refractivity contribution < 1.29 is 8.78 Å². The van der Waals surface area contributed by atoms with E-state index in [1.54, 1.807) is 0 Å². The van der Waals surface area contributed by atoms with E-state index in [2.05, 4.69) is 4.98 Å². The molecule has 0 amide bonds. The van der Waals surface area contributed by atoms with Gasteiger partial charge in [0.1, 0.15) is 17.5 Å². The highest BCUT2D eigenvalue weighted by molar-refractivity contribution is 5.81. The van der Waals surface area contributed by atoms with Gasteiger partial charge < -0.3 is 0 Å². The summed E-state index contributed by atoms with van der Waals surface area (Å²) in [6, 6.07) is 18.9. The predicted octanol–water partition coefficient (Wildman–Crippen LogP) is 4.95. The Hall–Kier alpha value is -3.01. The van der Waals surface area contributed by atoms with Gasteiger partial charge in [-0.2, -0.15) is 0 Å². The highest BCUT2D eigenvalue weighted by Crippen LogP contribution is 2.30. The highest BCUT2D eigenvalue weighted by Gasteiger charge is 2.15. The van der Waals surface area contributed by atoms with Crippen LogP contribution in [0.4, 0.5) is 8.78 Å². The van der Waals surface area contributed by atoms with Crippen molar-refractivity contribution in [2.24, 2.45) is 0 Å². The lowest BCUT2D eigenvalue weighted by Gasteiger charge is -2.01. The molecular weight excluding hydrogens is 294 g/mol. The molecule has 0 atom stereocenters. The number of nitrogens with zero attached hydrogens (tertiary/aromatic N) is 2. The largest absolute Gasteiger partial charge is 0.299 e. The standard InChI is InChI=1S/C19H12F2N2/c20-15-10-14(11-16(21)12-15)19-22-18(13-6-2-1-3-7-13)17-8-4-5-9-23(17)19/h1-12H. The molecule has 0 aliphatic rings. The zero-order valence-electron chi connectivity index (χ0n) is 12.1. The summed E-state index contributed by atoms with van der Waals surface area (Å²) < 4.78 is 29.0. The Labute approximate surface area is 131 Å². The van der Waals surface area contributed by atoms with Crippen LogP contribution in [0.3, 0.4) is 0 Å². The Morgan fingerprint density at radius 1 is 0.739 bits per heavy atom. The molecule has 0 fully saturated rings. The number of hydrogen-bond acceptors (Lipinski definition) is 1. The minimum atomic E-state index is -0.617. The first kappa shape index (κ1) is 13.6. The molecule has 0 N–H and O–H groups in total. The van der Waals surface area contributed by atoms with E-state index in [-0.39, 0.29) is 0 Å². The maximum absolute atomic E-state index is 13.6. The van der Waals surface area contributed by atoms with Crippen LogP contribution in [0.5, 0.6) is 0 Å². The third-order valence-electron chi connectivity index (χ3n) is 3.72. The molecule has 0 bridgehead atoms. The Morgan fingerprint density at radius 3 is 2.17 bits per heavy atom. The fourth-order valence-corrected chi connectivity index (χ4v) is 2.73. The van der Waals surface area contributed by atoms with E-state index in [9.17, 15) is 8.78 Å². The van der Waals surface area contributed by atoms with E-state index in [0.717, 1.165) is 22.8 Å². The number of halogens is 2. The van der Waals surface area contributed by atoms with E-state index in [1.165, 1.54) is 12.1 Å². The van der Waals surface area contributed by atoms with Gasteiger partial charge in [-0.1, -0.05) is 36.4 Å². The summed E-state index contributed by atoms with van der Waals surface area (Å²) in [6.45, 7) is 0. The van der Waals surface area contributed by atoms with Crippen LogP contribution in [0.15, 0.2) is 72.9 Å². The maximum atomic E-state index is 13.6. The summed E-state index contributed by atoms with van der Waals surface area (Å²) in [4.78, 5) is 4.64. The molecule has 0 aliphatic heterocycles. The van der Waals surface area contributed by atoms with Gasteiger partial charge in [-0.25, -0.2) is 13.8 Å². The molecule has 0 saturated carbocycles. The average molecular weight is 306 g/mol. The SMILES string of the molecule is Fc1cc(F)cc(-c2nc(-c3ccccc3)c3ccccn23)c1. The fraction of sp³-hybridized carbons (Fsp3) is 0. The first-order chi connectivity index (χ1) is 11.2. The minimum absolute atomic E-state index is 0.408. The number of fused-ring (bicyclic) bond motifs is 1. The van der Waals surface area contributed by atoms with Crippen LogP contribution in [0.2, 0.25) is 0 Å². The summed E-state index contributed by atoms with van der Waals surface area (Å²) in [7, 11) is 0. The Morgan fingerprint density at radius 2 is 1.43 bits per heavy atom. The summed E-state index contributed by atoms with van der Waals surface area (Å²) in [5.74, 6) is -0.722. The van der Waals surface area contributed by atoms with Crippen molar-refractivity contribution in [2.45, 2.75) is 0 Å². The number of aromatic nitrogens is 2. The molecule has 0 saturated heterocycles. The van der Waals surface area contributed by atoms with Crippen molar-refractivity contribution in [1.29, 1.82) is 0 Å². The summed E-state index contributed by atoms with van der Waals surface area (Å²) >= 11 is 0. The average Bonchev–Trinajstić information content (AvgIpc) is 2.94. The second kappa shape index (κ2) is 5.32. The molecule has 23 heavy (non-hydrogen) atoms. The Kier molecular flexibility index (Phi) is 3.15. The second-order valence-corrected chi connectivity index (χ2v) is 5.26. The molecule has 2 aromatic heterocycles. The van der Waals surface area contributed by atoms with E-state index in [0.29, 0.717) is 11.4 Å². The molecule has 2 heterocycles. The van der Waals surface area contributed by atoms with Gasteiger partial charge in [-0.05, 0) is 24.3 Å². The summed E-state index contributed by atoms with van der Waals surface area (Å²) in [5, 5.41) is 0. The molecule has 0 radical (unpaired) electrons. The van der Waals surface area contributed by atoms with Crippen molar-refractivity contribution in [3.63, 3.8) is 0 Å². The number of benzene rings is 2. The van der Waals surface area contributed by atoms with Crippen LogP contribution >= 0.6 is 0 Å². The topological polar surface area (TPSA) is 17.3 Å². The minimum Gasteiger partial charge on any atom is -0.299 e. The molecule has 4 rings (SSSR count). The molecule has 2 nitrogen and oxygen atoms in total. The summed E-state index contributed by atoms with van der Waals surface area (Å²) in [5.41, 5.74) is 3.04. The van der Waals surface area contributed by atoms with Crippen molar-refractivity contribution in [3.8, 4) is 22.6 Å².